The van der Waals surface area contributed by atoms with E-state index in [1.807, 2.05) is 12.1 Å². The second-order valence-electron chi connectivity index (χ2n) is 11.7. The molecule has 1 aliphatic carbocycles. The average Bonchev–Trinajstić information content (AvgIpc) is 3.41. The van der Waals surface area contributed by atoms with Crippen LogP contribution >= 0.6 is 23.2 Å². The lowest BCUT2D eigenvalue weighted by atomic mass is 9.81. The van der Waals surface area contributed by atoms with E-state index in [4.69, 9.17) is 23.2 Å². The lowest BCUT2D eigenvalue weighted by Crippen LogP contribution is -2.27. The number of halogens is 2. The average molecular weight is 547 g/mol. The molecule has 198 valence electrons. The Morgan fingerprint density at radius 2 is 1.55 bits per heavy atom. The second-order valence-corrected chi connectivity index (χ2v) is 12.5. The Morgan fingerprint density at radius 1 is 0.868 bits per heavy atom. The van der Waals surface area contributed by atoms with Gasteiger partial charge in [0.15, 0.2) is 5.71 Å². The molecule has 0 saturated carbocycles. The van der Waals surface area contributed by atoms with Gasteiger partial charge in [-0.25, -0.2) is 0 Å². The van der Waals surface area contributed by atoms with Crippen molar-refractivity contribution in [1.29, 1.82) is 0 Å². The van der Waals surface area contributed by atoms with Crippen molar-refractivity contribution in [2.75, 3.05) is 18.0 Å². The second kappa shape index (κ2) is 9.88. The van der Waals surface area contributed by atoms with Crippen LogP contribution in [-0.2, 0) is 10.8 Å². The number of benzene rings is 2. The molecule has 0 radical (unpaired) electrons. The maximum Gasteiger partial charge on any atom is 0.209 e. The minimum Gasteiger partial charge on any atom is -0.344 e. The van der Waals surface area contributed by atoms with E-state index in [0.29, 0.717) is 0 Å². The lowest BCUT2D eigenvalue weighted by molar-refractivity contribution is -0.433. The van der Waals surface area contributed by atoms with Crippen LogP contribution in [-0.4, -0.2) is 23.4 Å². The topological polar surface area (TPSA) is 6.25 Å². The molecule has 0 bridgehead atoms. The van der Waals surface area contributed by atoms with Crippen molar-refractivity contribution >= 4 is 40.3 Å². The summed E-state index contributed by atoms with van der Waals surface area (Å²) in [4.78, 5) is 2.43. The molecule has 38 heavy (non-hydrogen) atoms. The van der Waals surface area contributed by atoms with Crippen LogP contribution in [0.1, 0.15) is 72.4 Å². The molecular weight excluding hydrogens is 507 g/mol. The molecular formula is C34H39Cl2N2+. The fourth-order valence-electron chi connectivity index (χ4n) is 6.60. The highest BCUT2D eigenvalue weighted by Gasteiger charge is 2.44. The van der Waals surface area contributed by atoms with Crippen LogP contribution in [0.2, 0.25) is 10.0 Å². The standard InChI is InChI=1S/C34H39Cl2N2/c1-8-37-29-16-14-25(35)20-27(29)33(4,5)31(37)18-12-23-10-11-24(22(23)3)13-19-32-34(6,7)28-21-26(36)15-17-30(28)38(32)9-2/h12-21H,8-11H2,1-7H3/q+1. The van der Waals surface area contributed by atoms with Gasteiger partial charge in [0.2, 0.25) is 5.69 Å². The monoisotopic (exact) mass is 545 g/mol. The Bertz CT molecular complexity index is 1460. The molecule has 0 saturated heterocycles. The summed E-state index contributed by atoms with van der Waals surface area (Å²) in [6.45, 7) is 17.8. The van der Waals surface area contributed by atoms with E-state index in [9.17, 15) is 0 Å². The maximum absolute atomic E-state index is 6.38. The van der Waals surface area contributed by atoms with Crippen LogP contribution in [0.5, 0.6) is 0 Å². The van der Waals surface area contributed by atoms with Crippen LogP contribution < -0.4 is 4.90 Å². The van der Waals surface area contributed by atoms with Crippen molar-refractivity contribution in [1.82, 2.24) is 0 Å². The van der Waals surface area contributed by atoms with E-state index < -0.39 is 0 Å². The Labute approximate surface area is 238 Å². The molecule has 4 heteroatoms. The summed E-state index contributed by atoms with van der Waals surface area (Å²) in [7, 11) is 0. The zero-order chi connectivity index (χ0) is 27.4. The Hall–Kier alpha value is -2.55. The highest BCUT2D eigenvalue weighted by molar-refractivity contribution is 6.31. The molecule has 0 fully saturated rings. The fourth-order valence-corrected chi connectivity index (χ4v) is 6.95. The number of hydrogen-bond acceptors (Lipinski definition) is 1. The first-order valence-corrected chi connectivity index (χ1v) is 14.6. The third-order valence-corrected chi connectivity index (χ3v) is 9.32. The van der Waals surface area contributed by atoms with E-state index in [2.05, 4.69) is 107 Å². The fraction of sp³-hybridized carbons (Fsp3) is 0.382. The Kier molecular flexibility index (Phi) is 7.03. The predicted octanol–water partition coefficient (Wildman–Crippen LogP) is 9.68. The quantitative estimate of drug-likeness (QED) is 0.339. The number of allylic oxidation sites excluding steroid dienone is 8. The SMILES string of the molecule is CCN1/C(=C/C=C2\CCC(/C=C/C3=[N+](CC)c4ccc(Cl)cc4C3(C)C)=C2C)C(C)(C)c2cc(Cl)ccc21. The van der Waals surface area contributed by atoms with E-state index in [-0.39, 0.29) is 10.8 Å². The molecule has 0 spiro atoms. The molecule has 0 unspecified atom stereocenters. The molecule has 2 aromatic carbocycles. The highest BCUT2D eigenvalue weighted by Crippen LogP contribution is 2.48. The molecule has 5 rings (SSSR count). The van der Waals surface area contributed by atoms with Crippen LogP contribution in [0.25, 0.3) is 0 Å². The number of hydrogen-bond donors (Lipinski definition) is 0. The first-order chi connectivity index (χ1) is 18.0. The van der Waals surface area contributed by atoms with Crippen molar-refractivity contribution in [2.24, 2.45) is 0 Å². The molecule has 2 nitrogen and oxygen atoms in total. The number of nitrogens with zero attached hydrogens (tertiary/aromatic N) is 2. The predicted molar refractivity (Wildman–Crippen MR) is 165 cm³/mol. The largest absolute Gasteiger partial charge is 0.344 e. The summed E-state index contributed by atoms with van der Waals surface area (Å²) in [5.74, 6) is 0. The van der Waals surface area contributed by atoms with Crippen LogP contribution in [0.3, 0.4) is 0 Å². The van der Waals surface area contributed by atoms with Crippen LogP contribution in [0, 0.1) is 0 Å². The molecule has 0 atom stereocenters. The van der Waals surface area contributed by atoms with Gasteiger partial charge in [-0.15, -0.1) is 0 Å². The summed E-state index contributed by atoms with van der Waals surface area (Å²) < 4.78 is 2.43. The molecule has 2 aromatic rings. The molecule has 0 N–H and O–H groups in total. The molecule has 0 amide bonds. The molecule has 2 aliphatic heterocycles. The lowest BCUT2D eigenvalue weighted by Gasteiger charge is -2.26. The van der Waals surface area contributed by atoms with Gasteiger partial charge < -0.3 is 4.90 Å². The van der Waals surface area contributed by atoms with Gasteiger partial charge in [0.25, 0.3) is 0 Å². The Morgan fingerprint density at radius 3 is 2.24 bits per heavy atom. The third-order valence-electron chi connectivity index (χ3n) is 8.85. The minimum atomic E-state index is -0.0849. The number of likely N-dealkylation sites (N-methyl/N-ethyl adjacent to an activating group) is 1. The minimum absolute atomic E-state index is 0.0849. The van der Waals surface area contributed by atoms with E-state index in [1.165, 1.54) is 50.6 Å². The third kappa shape index (κ3) is 4.31. The van der Waals surface area contributed by atoms with Gasteiger partial charge in [-0.05, 0) is 106 Å². The highest BCUT2D eigenvalue weighted by atomic mass is 35.5. The molecule has 0 aromatic heterocycles. The van der Waals surface area contributed by atoms with Crippen molar-refractivity contribution in [3.63, 3.8) is 0 Å². The van der Waals surface area contributed by atoms with Crippen molar-refractivity contribution in [3.05, 3.63) is 104 Å². The van der Waals surface area contributed by atoms with Gasteiger partial charge >= 0.3 is 0 Å². The first kappa shape index (κ1) is 27.0. The smallest absolute Gasteiger partial charge is 0.209 e. The van der Waals surface area contributed by atoms with Crippen LogP contribution in [0.4, 0.5) is 11.4 Å². The number of fused-ring (bicyclic) bond motifs is 2. The molecule has 3 aliphatic rings. The first-order valence-electron chi connectivity index (χ1n) is 13.8. The summed E-state index contributed by atoms with van der Waals surface area (Å²) in [6, 6.07) is 12.6. The van der Waals surface area contributed by atoms with Crippen LogP contribution in [0.15, 0.2) is 83.1 Å². The van der Waals surface area contributed by atoms with Crippen molar-refractivity contribution < 1.29 is 4.58 Å². The zero-order valence-electron chi connectivity index (χ0n) is 23.8. The zero-order valence-corrected chi connectivity index (χ0v) is 25.3. The maximum atomic E-state index is 6.38. The van der Waals surface area contributed by atoms with Gasteiger partial charge in [-0.3, -0.25) is 0 Å². The summed E-state index contributed by atoms with van der Waals surface area (Å²) in [5, 5.41) is 1.60. The summed E-state index contributed by atoms with van der Waals surface area (Å²) >= 11 is 12.8. The van der Waals surface area contributed by atoms with E-state index in [1.54, 1.807) is 0 Å². The normalized spacial score (nSPS) is 22.0. The Balaban J connectivity index is 1.46. The summed E-state index contributed by atoms with van der Waals surface area (Å²) in [5.41, 5.74) is 11.9. The molecule has 2 heterocycles. The van der Waals surface area contributed by atoms with Gasteiger partial charge in [-0.1, -0.05) is 49.2 Å². The van der Waals surface area contributed by atoms with Crippen molar-refractivity contribution in [3.8, 4) is 0 Å². The van der Waals surface area contributed by atoms with Gasteiger partial charge in [-0.2, -0.15) is 4.58 Å². The number of anilines is 1. The van der Waals surface area contributed by atoms with E-state index in [0.717, 1.165) is 36.0 Å². The number of rotatable bonds is 5. The summed E-state index contributed by atoms with van der Waals surface area (Å²) in [6.07, 6.45) is 11.5. The van der Waals surface area contributed by atoms with Crippen molar-refractivity contribution in [2.45, 2.75) is 72.1 Å². The van der Waals surface area contributed by atoms with E-state index >= 15 is 0 Å². The van der Waals surface area contributed by atoms with Gasteiger partial charge in [0.1, 0.15) is 6.54 Å². The van der Waals surface area contributed by atoms with Gasteiger partial charge in [0, 0.05) is 51.1 Å². The van der Waals surface area contributed by atoms with Gasteiger partial charge in [0.05, 0.1) is 5.41 Å².